The van der Waals surface area contributed by atoms with Gasteiger partial charge in [0, 0.05) is 25.0 Å². The molecule has 2 aromatic carbocycles. The summed E-state index contributed by atoms with van der Waals surface area (Å²) in [7, 11) is 0. The van der Waals surface area contributed by atoms with Crippen LogP contribution in [0, 0.1) is 0 Å². The van der Waals surface area contributed by atoms with Crippen LogP contribution in [0.3, 0.4) is 0 Å². The van der Waals surface area contributed by atoms with Gasteiger partial charge in [-0.15, -0.1) is 0 Å². The topological polar surface area (TPSA) is 12.0 Å². The zero-order valence-electron chi connectivity index (χ0n) is 11.5. The van der Waals surface area contributed by atoms with Crippen LogP contribution in [0.5, 0.6) is 0 Å². The summed E-state index contributed by atoms with van der Waals surface area (Å²) in [6, 6.07) is 12.1. The standard InChI is InChI=1S/C16H15Br2Cl2N/c1-2-21-16(11-5-13(18)8-14(19)6-11)7-10-3-4-12(17)9-15(10)20/h3-6,8-9,16,21H,2,7H2,1H3. The molecule has 0 aliphatic heterocycles. The second-order valence-electron chi connectivity index (χ2n) is 4.75. The summed E-state index contributed by atoms with van der Waals surface area (Å²) in [4.78, 5) is 0. The summed E-state index contributed by atoms with van der Waals surface area (Å²) in [5.74, 6) is 0. The molecule has 2 aromatic rings. The molecule has 0 heterocycles. The Morgan fingerprint density at radius 2 is 1.81 bits per heavy atom. The third kappa shape index (κ3) is 4.97. The Kier molecular flexibility index (Phi) is 6.57. The van der Waals surface area contributed by atoms with Crippen molar-refractivity contribution < 1.29 is 0 Å². The Hall–Kier alpha value is -0.0600. The van der Waals surface area contributed by atoms with Gasteiger partial charge >= 0.3 is 0 Å². The number of hydrogen-bond acceptors (Lipinski definition) is 1. The van der Waals surface area contributed by atoms with Crippen molar-refractivity contribution in [3.05, 3.63) is 66.5 Å². The predicted octanol–water partition coefficient (Wildman–Crippen LogP) is 6.41. The number of nitrogens with one attached hydrogen (secondary N) is 1. The molecule has 0 bridgehead atoms. The van der Waals surface area contributed by atoms with Crippen LogP contribution in [0.25, 0.3) is 0 Å². The average Bonchev–Trinajstić information content (AvgIpc) is 2.40. The molecule has 1 N–H and O–H groups in total. The number of halogens is 4. The number of likely N-dealkylation sites (N-methyl/N-ethyl adjacent to an activating group) is 1. The lowest BCUT2D eigenvalue weighted by Crippen LogP contribution is -2.23. The van der Waals surface area contributed by atoms with E-state index in [1.807, 2.05) is 24.3 Å². The highest BCUT2D eigenvalue weighted by atomic mass is 79.9. The quantitative estimate of drug-likeness (QED) is 0.553. The highest BCUT2D eigenvalue weighted by molar-refractivity contribution is 9.10. The van der Waals surface area contributed by atoms with Gasteiger partial charge in [0.25, 0.3) is 0 Å². The summed E-state index contributed by atoms with van der Waals surface area (Å²) < 4.78 is 1.97. The van der Waals surface area contributed by atoms with Crippen LogP contribution in [-0.4, -0.2) is 6.54 Å². The van der Waals surface area contributed by atoms with Crippen molar-refractivity contribution in [2.24, 2.45) is 0 Å². The van der Waals surface area contributed by atoms with Crippen molar-refractivity contribution >= 4 is 55.1 Å². The Labute approximate surface area is 152 Å². The molecule has 0 aromatic heterocycles. The normalized spacial score (nSPS) is 12.4. The minimum absolute atomic E-state index is 0.170. The Morgan fingerprint density at radius 3 is 2.43 bits per heavy atom. The van der Waals surface area contributed by atoms with E-state index in [1.54, 1.807) is 0 Å². The average molecular weight is 452 g/mol. The summed E-state index contributed by atoms with van der Waals surface area (Å²) >= 11 is 19.4. The third-order valence-corrected chi connectivity index (χ3v) is 4.70. The molecule has 1 atom stereocenters. The largest absolute Gasteiger partial charge is 0.310 e. The minimum Gasteiger partial charge on any atom is -0.310 e. The van der Waals surface area contributed by atoms with Crippen LogP contribution in [0.1, 0.15) is 24.1 Å². The lowest BCUT2D eigenvalue weighted by atomic mass is 9.99. The van der Waals surface area contributed by atoms with E-state index in [0.29, 0.717) is 0 Å². The first-order valence-corrected chi connectivity index (χ1v) is 8.97. The highest BCUT2D eigenvalue weighted by Gasteiger charge is 2.14. The lowest BCUT2D eigenvalue weighted by Gasteiger charge is -2.20. The van der Waals surface area contributed by atoms with Gasteiger partial charge in [-0.3, -0.25) is 0 Å². The molecule has 0 aliphatic carbocycles. The summed E-state index contributed by atoms with van der Waals surface area (Å²) in [6.07, 6.45) is 0.812. The van der Waals surface area contributed by atoms with E-state index < -0.39 is 0 Å². The first-order valence-electron chi connectivity index (χ1n) is 6.63. The van der Waals surface area contributed by atoms with Crippen molar-refractivity contribution in [3.8, 4) is 0 Å². The Morgan fingerprint density at radius 1 is 1.05 bits per heavy atom. The predicted molar refractivity (Wildman–Crippen MR) is 98.4 cm³/mol. The maximum absolute atomic E-state index is 6.33. The van der Waals surface area contributed by atoms with E-state index in [-0.39, 0.29) is 6.04 Å². The molecule has 0 fully saturated rings. The van der Waals surface area contributed by atoms with E-state index in [2.05, 4.69) is 56.2 Å². The second-order valence-corrected chi connectivity index (χ2v) is 7.43. The molecule has 0 radical (unpaired) electrons. The first-order chi connectivity index (χ1) is 9.99. The van der Waals surface area contributed by atoms with Gasteiger partial charge in [0.05, 0.1) is 0 Å². The van der Waals surface area contributed by atoms with Crippen molar-refractivity contribution in [1.29, 1.82) is 0 Å². The zero-order chi connectivity index (χ0) is 15.4. The minimum atomic E-state index is 0.170. The molecule has 5 heteroatoms. The lowest BCUT2D eigenvalue weighted by molar-refractivity contribution is 0.549. The van der Waals surface area contributed by atoms with Gasteiger partial charge in [-0.25, -0.2) is 0 Å². The number of hydrogen-bond donors (Lipinski definition) is 1. The van der Waals surface area contributed by atoms with Crippen LogP contribution in [0.2, 0.25) is 10.0 Å². The maximum atomic E-state index is 6.33. The van der Waals surface area contributed by atoms with E-state index in [1.165, 1.54) is 0 Å². The van der Waals surface area contributed by atoms with Crippen LogP contribution in [-0.2, 0) is 6.42 Å². The number of rotatable bonds is 5. The summed E-state index contributed by atoms with van der Waals surface area (Å²) in [5.41, 5.74) is 2.26. The SMILES string of the molecule is CCNC(Cc1ccc(Br)cc1Cl)c1cc(Cl)cc(Br)c1. The molecular formula is C16H15Br2Cl2N. The van der Waals surface area contributed by atoms with Gasteiger partial charge in [0.1, 0.15) is 0 Å². The van der Waals surface area contributed by atoms with Gasteiger partial charge < -0.3 is 5.32 Å². The van der Waals surface area contributed by atoms with Crippen LogP contribution in [0.4, 0.5) is 0 Å². The third-order valence-electron chi connectivity index (χ3n) is 3.18. The highest BCUT2D eigenvalue weighted by Crippen LogP contribution is 2.29. The summed E-state index contributed by atoms with van der Waals surface area (Å²) in [5, 5.41) is 4.99. The fourth-order valence-corrected chi connectivity index (χ4v) is 3.87. The van der Waals surface area contributed by atoms with Crippen LogP contribution in [0.15, 0.2) is 45.3 Å². The molecule has 0 amide bonds. The molecular weight excluding hydrogens is 437 g/mol. The Bertz CT molecular complexity index is 611. The van der Waals surface area contributed by atoms with Crippen molar-refractivity contribution in [1.82, 2.24) is 5.32 Å². The maximum Gasteiger partial charge on any atom is 0.0449 e. The van der Waals surface area contributed by atoms with Gasteiger partial charge in [-0.1, -0.05) is 68.1 Å². The molecule has 1 unspecified atom stereocenters. The van der Waals surface area contributed by atoms with E-state index in [0.717, 1.165) is 43.1 Å². The first kappa shape index (κ1) is 17.3. The molecule has 21 heavy (non-hydrogen) atoms. The monoisotopic (exact) mass is 449 g/mol. The van der Waals surface area contributed by atoms with Gasteiger partial charge in [-0.05, 0) is 54.4 Å². The zero-order valence-corrected chi connectivity index (χ0v) is 16.2. The second kappa shape index (κ2) is 7.98. The van der Waals surface area contributed by atoms with E-state index >= 15 is 0 Å². The molecule has 112 valence electrons. The molecule has 0 spiro atoms. The molecule has 1 nitrogen and oxygen atoms in total. The molecule has 0 aliphatic rings. The molecule has 2 rings (SSSR count). The van der Waals surface area contributed by atoms with Crippen LogP contribution < -0.4 is 5.32 Å². The smallest absolute Gasteiger partial charge is 0.0449 e. The molecule has 0 saturated carbocycles. The van der Waals surface area contributed by atoms with E-state index in [4.69, 9.17) is 23.2 Å². The van der Waals surface area contributed by atoms with Crippen molar-refractivity contribution in [2.45, 2.75) is 19.4 Å². The van der Waals surface area contributed by atoms with E-state index in [9.17, 15) is 0 Å². The molecule has 0 saturated heterocycles. The van der Waals surface area contributed by atoms with Crippen LogP contribution >= 0.6 is 55.1 Å². The fraction of sp³-hybridized carbons (Fsp3) is 0.250. The fourth-order valence-electron chi connectivity index (χ4n) is 2.24. The Balaban J connectivity index is 2.30. The van der Waals surface area contributed by atoms with Gasteiger partial charge in [0.15, 0.2) is 0 Å². The van der Waals surface area contributed by atoms with Gasteiger partial charge in [-0.2, -0.15) is 0 Å². The number of benzene rings is 2. The van der Waals surface area contributed by atoms with Crippen molar-refractivity contribution in [3.63, 3.8) is 0 Å². The van der Waals surface area contributed by atoms with Crippen molar-refractivity contribution in [2.75, 3.05) is 6.54 Å². The summed E-state index contributed by atoms with van der Waals surface area (Å²) in [6.45, 7) is 2.97. The van der Waals surface area contributed by atoms with Gasteiger partial charge in [0.2, 0.25) is 0 Å².